The molecule has 2 heterocycles. The largest absolute Gasteiger partial charge is 0.486 e. The third kappa shape index (κ3) is 4.04. The van der Waals surface area contributed by atoms with Crippen molar-refractivity contribution in [3.63, 3.8) is 0 Å². The second-order valence-corrected chi connectivity index (χ2v) is 7.50. The summed E-state index contributed by atoms with van der Waals surface area (Å²) in [7, 11) is 0. The third-order valence-electron chi connectivity index (χ3n) is 5.29. The van der Waals surface area contributed by atoms with Crippen LogP contribution in [0.1, 0.15) is 39.2 Å². The number of fused-ring (bicyclic) bond motifs is 1. The van der Waals surface area contributed by atoms with Gasteiger partial charge in [0, 0.05) is 19.1 Å². The molecule has 25 heavy (non-hydrogen) atoms. The number of hydrogen-bond acceptors (Lipinski definition) is 4. The van der Waals surface area contributed by atoms with E-state index in [0.29, 0.717) is 19.1 Å². The van der Waals surface area contributed by atoms with Gasteiger partial charge >= 0.3 is 0 Å². The topological polar surface area (TPSA) is 64.8 Å². The first-order chi connectivity index (χ1) is 11.4. The average molecular weight is 369 g/mol. The van der Waals surface area contributed by atoms with Crippen molar-refractivity contribution in [3.05, 3.63) is 23.8 Å². The summed E-state index contributed by atoms with van der Waals surface area (Å²) < 4.78 is 11.2. The summed E-state index contributed by atoms with van der Waals surface area (Å²) in [4.78, 5) is 15.2. The Kier molecular flexibility index (Phi) is 6.22. The predicted octanol–water partition coefficient (Wildman–Crippen LogP) is 2.74. The molecule has 2 aliphatic heterocycles. The molecule has 1 amide bonds. The monoisotopic (exact) mass is 368 g/mol. The van der Waals surface area contributed by atoms with Crippen molar-refractivity contribution in [1.82, 2.24) is 4.90 Å². The van der Waals surface area contributed by atoms with E-state index < -0.39 is 5.41 Å². The fourth-order valence-corrected chi connectivity index (χ4v) is 3.57. The Morgan fingerprint density at radius 2 is 1.96 bits per heavy atom. The van der Waals surface area contributed by atoms with Gasteiger partial charge in [0.25, 0.3) is 0 Å². The van der Waals surface area contributed by atoms with Gasteiger partial charge in [-0.15, -0.1) is 12.4 Å². The molecule has 6 heteroatoms. The Hall–Kier alpha value is -1.46. The molecule has 2 unspecified atom stereocenters. The first kappa shape index (κ1) is 19.9. The van der Waals surface area contributed by atoms with Crippen LogP contribution in [0.25, 0.3) is 0 Å². The number of piperidine rings is 1. The molecule has 0 spiro atoms. The van der Waals surface area contributed by atoms with Gasteiger partial charge in [0.05, 0.1) is 5.41 Å². The standard InChI is InChI=1S/C19H28N2O3.ClH/c1-13(20)14-5-4-8-21(12-14)18(22)19(2,3)15-6-7-16-17(11-15)24-10-9-23-16;/h6-7,11,13-14H,4-5,8-10,12,20H2,1-3H3;1H. The van der Waals surface area contributed by atoms with E-state index in [1.165, 1.54) is 0 Å². The highest BCUT2D eigenvalue weighted by Crippen LogP contribution is 2.36. The van der Waals surface area contributed by atoms with E-state index in [4.69, 9.17) is 15.2 Å². The number of likely N-dealkylation sites (tertiary alicyclic amines) is 1. The lowest BCUT2D eigenvalue weighted by Crippen LogP contribution is -2.50. The fraction of sp³-hybridized carbons (Fsp3) is 0.632. The second kappa shape index (κ2) is 7.83. The van der Waals surface area contributed by atoms with E-state index in [2.05, 4.69) is 0 Å². The van der Waals surface area contributed by atoms with Gasteiger partial charge in [-0.25, -0.2) is 0 Å². The Morgan fingerprint density at radius 1 is 1.28 bits per heavy atom. The molecule has 0 saturated carbocycles. The lowest BCUT2D eigenvalue weighted by molar-refractivity contribution is -0.138. The van der Waals surface area contributed by atoms with Crippen molar-refractivity contribution in [2.45, 2.75) is 45.1 Å². The molecule has 0 radical (unpaired) electrons. The Labute approximate surface area is 156 Å². The van der Waals surface area contributed by atoms with Crippen molar-refractivity contribution < 1.29 is 14.3 Å². The molecule has 2 N–H and O–H groups in total. The van der Waals surface area contributed by atoms with Crippen LogP contribution in [-0.4, -0.2) is 43.2 Å². The smallest absolute Gasteiger partial charge is 0.232 e. The highest BCUT2D eigenvalue weighted by molar-refractivity contribution is 5.87. The van der Waals surface area contributed by atoms with E-state index in [1.807, 2.05) is 43.9 Å². The minimum atomic E-state index is -0.602. The molecule has 1 saturated heterocycles. The van der Waals surface area contributed by atoms with E-state index in [1.54, 1.807) is 0 Å². The maximum Gasteiger partial charge on any atom is 0.232 e. The molecule has 2 aliphatic rings. The van der Waals surface area contributed by atoms with Crippen LogP contribution in [0.2, 0.25) is 0 Å². The van der Waals surface area contributed by atoms with Crippen molar-refractivity contribution >= 4 is 18.3 Å². The van der Waals surface area contributed by atoms with Crippen LogP contribution in [0, 0.1) is 5.92 Å². The number of benzene rings is 1. The maximum atomic E-state index is 13.2. The van der Waals surface area contributed by atoms with Gasteiger partial charge in [-0.05, 0) is 57.2 Å². The molecule has 5 nitrogen and oxygen atoms in total. The Balaban J connectivity index is 0.00000225. The van der Waals surface area contributed by atoms with Crippen LogP contribution in [0.15, 0.2) is 18.2 Å². The number of ether oxygens (including phenoxy) is 2. The normalized spacial score (nSPS) is 21.3. The van der Waals surface area contributed by atoms with Crippen LogP contribution in [0.5, 0.6) is 11.5 Å². The highest BCUT2D eigenvalue weighted by Gasteiger charge is 2.37. The first-order valence-corrected chi connectivity index (χ1v) is 8.84. The van der Waals surface area contributed by atoms with Gasteiger partial charge in [-0.3, -0.25) is 4.79 Å². The molecule has 1 fully saturated rings. The van der Waals surface area contributed by atoms with Gasteiger partial charge in [0.15, 0.2) is 11.5 Å². The lowest BCUT2D eigenvalue weighted by Gasteiger charge is -2.39. The minimum absolute atomic E-state index is 0. The van der Waals surface area contributed by atoms with Crippen molar-refractivity contribution in [2.24, 2.45) is 11.7 Å². The summed E-state index contributed by atoms with van der Waals surface area (Å²) in [5.41, 5.74) is 6.41. The molecule has 0 aliphatic carbocycles. The number of carbonyl (C=O) groups excluding carboxylic acids is 1. The molecule has 1 aromatic carbocycles. The molecule has 140 valence electrons. The van der Waals surface area contributed by atoms with E-state index in [-0.39, 0.29) is 24.4 Å². The van der Waals surface area contributed by atoms with Crippen LogP contribution in [0.4, 0.5) is 0 Å². The van der Waals surface area contributed by atoms with Crippen molar-refractivity contribution in [2.75, 3.05) is 26.3 Å². The molecule has 0 bridgehead atoms. The Bertz CT molecular complexity index is 619. The summed E-state index contributed by atoms with van der Waals surface area (Å²) in [6, 6.07) is 5.94. The average Bonchev–Trinajstić information content (AvgIpc) is 2.60. The quantitative estimate of drug-likeness (QED) is 0.890. The fourth-order valence-electron chi connectivity index (χ4n) is 3.57. The Morgan fingerprint density at radius 3 is 2.64 bits per heavy atom. The summed E-state index contributed by atoms with van der Waals surface area (Å²) in [6.07, 6.45) is 2.13. The minimum Gasteiger partial charge on any atom is -0.486 e. The van der Waals surface area contributed by atoms with Crippen LogP contribution >= 0.6 is 12.4 Å². The molecule has 2 atom stereocenters. The van der Waals surface area contributed by atoms with E-state index in [0.717, 1.165) is 43.0 Å². The van der Waals surface area contributed by atoms with Crippen LogP contribution < -0.4 is 15.2 Å². The summed E-state index contributed by atoms with van der Waals surface area (Å²) in [5, 5.41) is 0. The number of rotatable bonds is 3. The lowest BCUT2D eigenvalue weighted by atomic mass is 9.81. The molecular formula is C19H29ClN2O3. The van der Waals surface area contributed by atoms with Crippen LogP contribution in [-0.2, 0) is 10.2 Å². The second-order valence-electron chi connectivity index (χ2n) is 7.50. The first-order valence-electron chi connectivity index (χ1n) is 8.84. The van der Waals surface area contributed by atoms with Gasteiger partial charge in [-0.1, -0.05) is 6.07 Å². The molecule has 0 aromatic heterocycles. The number of carbonyl (C=O) groups is 1. The number of amides is 1. The van der Waals surface area contributed by atoms with Gasteiger partial charge in [0.2, 0.25) is 5.91 Å². The van der Waals surface area contributed by atoms with Gasteiger partial charge in [0.1, 0.15) is 13.2 Å². The summed E-state index contributed by atoms with van der Waals surface area (Å²) >= 11 is 0. The highest BCUT2D eigenvalue weighted by atomic mass is 35.5. The van der Waals surface area contributed by atoms with E-state index >= 15 is 0 Å². The molecule has 1 aromatic rings. The number of halogens is 1. The van der Waals surface area contributed by atoms with E-state index in [9.17, 15) is 4.79 Å². The maximum absolute atomic E-state index is 13.2. The number of nitrogens with two attached hydrogens (primary N) is 1. The van der Waals surface area contributed by atoms with Gasteiger partial charge in [-0.2, -0.15) is 0 Å². The zero-order chi connectivity index (χ0) is 17.3. The zero-order valence-electron chi connectivity index (χ0n) is 15.3. The van der Waals surface area contributed by atoms with Gasteiger partial charge < -0.3 is 20.1 Å². The number of nitrogens with zero attached hydrogens (tertiary/aromatic N) is 1. The third-order valence-corrected chi connectivity index (χ3v) is 5.29. The number of hydrogen-bond donors (Lipinski definition) is 1. The molecular weight excluding hydrogens is 340 g/mol. The summed E-state index contributed by atoms with van der Waals surface area (Å²) in [6.45, 7) is 8.69. The van der Waals surface area contributed by atoms with Crippen molar-refractivity contribution in [1.29, 1.82) is 0 Å². The summed E-state index contributed by atoms with van der Waals surface area (Å²) in [5.74, 6) is 2.03. The van der Waals surface area contributed by atoms with Crippen molar-refractivity contribution in [3.8, 4) is 11.5 Å². The predicted molar refractivity (Wildman–Crippen MR) is 101 cm³/mol. The molecule has 3 rings (SSSR count). The SMILES string of the molecule is CC(N)C1CCCN(C(=O)C(C)(C)c2ccc3c(c2)OCCO3)C1.Cl. The van der Waals surface area contributed by atoms with Crippen LogP contribution in [0.3, 0.4) is 0 Å². The zero-order valence-corrected chi connectivity index (χ0v) is 16.1.